The minimum atomic E-state index is -0.519. The average molecular weight is 385 g/mol. The van der Waals surface area contributed by atoms with Crippen molar-refractivity contribution in [1.29, 1.82) is 0 Å². The Hall–Kier alpha value is -1.89. The van der Waals surface area contributed by atoms with Gasteiger partial charge in [-0.25, -0.2) is 0 Å². The van der Waals surface area contributed by atoms with E-state index in [0.29, 0.717) is 5.69 Å². The molecule has 0 aliphatic heterocycles. The van der Waals surface area contributed by atoms with Gasteiger partial charge in [-0.2, -0.15) is 0 Å². The molecular weight excluding hydrogens is 364 g/mol. The lowest BCUT2D eigenvalue weighted by Gasteiger charge is -2.16. The number of anilines is 1. The number of hydrogen-bond acceptors (Lipinski definition) is 4. The van der Waals surface area contributed by atoms with E-state index in [-0.39, 0.29) is 24.3 Å². The van der Waals surface area contributed by atoms with Gasteiger partial charge in [0.25, 0.3) is 5.91 Å². The Kier molecular flexibility index (Phi) is 7.22. The predicted octanol–water partition coefficient (Wildman–Crippen LogP) is 2.48. The maximum absolute atomic E-state index is 11.7. The third kappa shape index (κ3) is 8.35. The van der Waals surface area contributed by atoms with Crippen LogP contribution in [0.1, 0.15) is 27.2 Å². The van der Waals surface area contributed by atoms with E-state index in [2.05, 4.69) is 26.6 Å². The number of carbonyl (C=O) groups excluding carboxylic acids is 3. The number of benzene rings is 1. The van der Waals surface area contributed by atoms with Crippen LogP contribution in [-0.2, 0) is 19.1 Å². The van der Waals surface area contributed by atoms with Crippen LogP contribution in [0.4, 0.5) is 5.69 Å². The van der Waals surface area contributed by atoms with Crippen LogP contribution in [0, 0.1) is 5.41 Å². The monoisotopic (exact) mass is 384 g/mol. The van der Waals surface area contributed by atoms with Crippen molar-refractivity contribution in [3.05, 3.63) is 28.7 Å². The normalized spacial score (nSPS) is 10.8. The molecule has 0 aliphatic rings. The topological polar surface area (TPSA) is 84.5 Å². The predicted molar refractivity (Wildman–Crippen MR) is 90.8 cm³/mol. The molecule has 2 amide bonds. The SMILES string of the molecule is CC(C)(C)CC(=O)OCC(=O)NCC(=O)Nc1ccccc1Br. The van der Waals surface area contributed by atoms with Crippen molar-refractivity contribution in [3.63, 3.8) is 0 Å². The van der Waals surface area contributed by atoms with Crippen LogP contribution >= 0.6 is 15.9 Å². The molecule has 0 unspecified atom stereocenters. The highest BCUT2D eigenvalue weighted by Gasteiger charge is 2.18. The summed E-state index contributed by atoms with van der Waals surface area (Å²) in [7, 11) is 0. The van der Waals surface area contributed by atoms with Crippen molar-refractivity contribution >= 4 is 39.4 Å². The highest BCUT2D eigenvalue weighted by atomic mass is 79.9. The summed E-state index contributed by atoms with van der Waals surface area (Å²) in [5.74, 6) is -1.33. The lowest BCUT2D eigenvalue weighted by molar-refractivity contribution is -0.150. The molecule has 126 valence electrons. The number of amides is 2. The van der Waals surface area contributed by atoms with Crippen molar-refractivity contribution in [2.75, 3.05) is 18.5 Å². The Bertz CT molecular complexity index is 582. The number of ether oxygens (including phenoxy) is 1. The molecule has 0 bridgehead atoms. The van der Waals surface area contributed by atoms with Gasteiger partial charge in [-0.05, 0) is 33.5 Å². The van der Waals surface area contributed by atoms with Crippen molar-refractivity contribution < 1.29 is 19.1 Å². The van der Waals surface area contributed by atoms with E-state index >= 15 is 0 Å². The van der Waals surface area contributed by atoms with Gasteiger partial charge in [0.15, 0.2) is 6.61 Å². The molecule has 7 heteroatoms. The Morgan fingerprint density at radius 3 is 2.39 bits per heavy atom. The number of rotatable bonds is 6. The Labute approximate surface area is 144 Å². The van der Waals surface area contributed by atoms with Crippen molar-refractivity contribution in [3.8, 4) is 0 Å². The van der Waals surface area contributed by atoms with Gasteiger partial charge in [0.1, 0.15) is 0 Å². The first-order valence-corrected chi connectivity index (χ1v) is 7.93. The van der Waals surface area contributed by atoms with E-state index in [0.717, 1.165) is 4.47 Å². The first-order chi connectivity index (χ1) is 10.7. The van der Waals surface area contributed by atoms with Crippen LogP contribution in [0.15, 0.2) is 28.7 Å². The molecule has 0 radical (unpaired) electrons. The molecule has 0 aromatic heterocycles. The largest absolute Gasteiger partial charge is 0.456 e. The van der Waals surface area contributed by atoms with Crippen LogP contribution in [-0.4, -0.2) is 30.9 Å². The third-order valence-corrected chi connectivity index (χ3v) is 3.32. The number of carbonyl (C=O) groups is 3. The van der Waals surface area contributed by atoms with Gasteiger partial charge in [-0.1, -0.05) is 32.9 Å². The molecule has 2 N–H and O–H groups in total. The number of nitrogens with one attached hydrogen (secondary N) is 2. The van der Waals surface area contributed by atoms with Gasteiger partial charge >= 0.3 is 5.97 Å². The zero-order chi connectivity index (χ0) is 17.5. The highest BCUT2D eigenvalue weighted by Crippen LogP contribution is 2.21. The standard InChI is InChI=1S/C16H21BrN2O4/c1-16(2,3)8-15(22)23-10-14(21)18-9-13(20)19-12-7-5-4-6-11(12)17/h4-7H,8-10H2,1-3H3,(H,18,21)(H,19,20). The van der Waals surface area contributed by atoms with Crippen LogP contribution in [0.3, 0.4) is 0 Å². The first-order valence-electron chi connectivity index (χ1n) is 7.14. The van der Waals surface area contributed by atoms with Crippen LogP contribution in [0.5, 0.6) is 0 Å². The molecule has 0 saturated carbocycles. The van der Waals surface area contributed by atoms with Crippen molar-refractivity contribution in [2.45, 2.75) is 27.2 Å². The third-order valence-electron chi connectivity index (χ3n) is 2.63. The smallest absolute Gasteiger partial charge is 0.306 e. The number of para-hydroxylation sites is 1. The van der Waals surface area contributed by atoms with Crippen molar-refractivity contribution in [2.24, 2.45) is 5.41 Å². The van der Waals surface area contributed by atoms with E-state index in [1.807, 2.05) is 26.8 Å². The lowest BCUT2D eigenvalue weighted by Crippen LogP contribution is -2.35. The molecule has 0 fully saturated rings. The minimum Gasteiger partial charge on any atom is -0.456 e. The lowest BCUT2D eigenvalue weighted by atomic mass is 9.93. The number of hydrogen-bond donors (Lipinski definition) is 2. The van der Waals surface area contributed by atoms with Gasteiger partial charge in [0.2, 0.25) is 5.91 Å². The first kappa shape index (κ1) is 19.2. The molecule has 6 nitrogen and oxygen atoms in total. The summed E-state index contributed by atoms with van der Waals surface area (Å²) in [5, 5.41) is 5.05. The summed E-state index contributed by atoms with van der Waals surface area (Å²) in [4.78, 5) is 34.8. The van der Waals surface area contributed by atoms with Crippen LogP contribution in [0.2, 0.25) is 0 Å². The Morgan fingerprint density at radius 2 is 1.78 bits per heavy atom. The maximum Gasteiger partial charge on any atom is 0.306 e. The van der Waals surface area contributed by atoms with E-state index in [4.69, 9.17) is 4.74 Å². The Balaban J connectivity index is 2.29. The van der Waals surface area contributed by atoms with Gasteiger partial charge in [-0.3, -0.25) is 14.4 Å². The van der Waals surface area contributed by atoms with Gasteiger partial charge in [-0.15, -0.1) is 0 Å². The number of halogens is 1. The summed E-state index contributed by atoms with van der Waals surface area (Å²) in [6.07, 6.45) is 0.225. The second-order valence-electron chi connectivity index (χ2n) is 6.20. The minimum absolute atomic E-state index is 0.197. The molecule has 1 aromatic rings. The second-order valence-corrected chi connectivity index (χ2v) is 7.06. The second kappa shape index (κ2) is 8.67. The summed E-state index contributed by atoms with van der Waals surface area (Å²) in [5.41, 5.74) is 0.416. The molecular formula is C16H21BrN2O4. The van der Waals surface area contributed by atoms with Gasteiger partial charge < -0.3 is 15.4 Å². The fourth-order valence-electron chi connectivity index (χ4n) is 1.62. The fraction of sp³-hybridized carbons (Fsp3) is 0.438. The van der Waals surface area contributed by atoms with E-state index < -0.39 is 18.5 Å². The average Bonchev–Trinajstić information content (AvgIpc) is 2.43. The fourth-order valence-corrected chi connectivity index (χ4v) is 2.00. The summed E-state index contributed by atoms with van der Waals surface area (Å²) < 4.78 is 5.61. The van der Waals surface area contributed by atoms with E-state index in [1.165, 1.54) is 0 Å². The van der Waals surface area contributed by atoms with Gasteiger partial charge in [0, 0.05) is 4.47 Å². The van der Waals surface area contributed by atoms with E-state index in [9.17, 15) is 14.4 Å². The highest BCUT2D eigenvalue weighted by molar-refractivity contribution is 9.10. The van der Waals surface area contributed by atoms with Crippen molar-refractivity contribution in [1.82, 2.24) is 5.32 Å². The van der Waals surface area contributed by atoms with Crippen LogP contribution < -0.4 is 10.6 Å². The molecule has 0 atom stereocenters. The summed E-state index contributed by atoms with van der Waals surface area (Å²) >= 11 is 3.31. The molecule has 1 rings (SSSR count). The van der Waals surface area contributed by atoms with Gasteiger partial charge in [0.05, 0.1) is 18.7 Å². The zero-order valence-corrected chi connectivity index (χ0v) is 15.0. The quantitative estimate of drug-likeness (QED) is 0.737. The maximum atomic E-state index is 11.7. The summed E-state index contributed by atoms with van der Waals surface area (Å²) in [6, 6.07) is 7.14. The molecule has 0 saturated heterocycles. The molecule has 0 heterocycles. The Morgan fingerprint density at radius 1 is 1.13 bits per heavy atom. The van der Waals surface area contributed by atoms with E-state index in [1.54, 1.807) is 18.2 Å². The molecule has 1 aromatic carbocycles. The summed E-state index contributed by atoms with van der Waals surface area (Å²) in [6.45, 7) is 5.12. The number of esters is 1. The van der Waals surface area contributed by atoms with Crippen LogP contribution in [0.25, 0.3) is 0 Å². The molecule has 0 spiro atoms. The molecule has 0 aliphatic carbocycles. The zero-order valence-electron chi connectivity index (χ0n) is 13.4. The molecule has 23 heavy (non-hydrogen) atoms.